The summed E-state index contributed by atoms with van der Waals surface area (Å²) in [7, 11) is 0. The number of aryl methyl sites for hydroxylation is 2. The highest BCUT2D eigenvalue weighted by Crippen LogP contribution is 2.24. The zero-order valence-electron chi connectivity index (χ0n) is 15.8. The van der Waals surface area contributed by atoms with Gasteiger partial charge in [-0.25, -0.2) is 0 Å². The predicted molar refractivity (Wildman–Crippen MR) is 96.3 cm³/mol. The molecule has 0 N–H and O–H groups in total. The minimum Gasteiger partial charge on any atom is -0.425 e. The molecule has 0 bridgehead atoms. The molecule has 1 aliphatic heterocycles. The summed E-state index contributed by atoms with van der Waals surface area (Å²) in [5.74, 6) is 1.36. The summed E-state index contributed by atoms with van der Waals surface area (Å²) in [5, 5.41) is 0. The molecule has 1 aromatic carbocycles. The van der Waals surface area contributed by atoms with Gasteiger partial charge in [0.1, 0.15) is 5.75 Å². The fourth-order valence-corrected chi connectivity index (χ4v) is 3.05. The number of hydrogen-bond donors (Lipinski definition) is 0. The van der Waals surface area contributed by atoms with Crippen LogP contribution in [0.2, 0.25) is 0 Å². The molecule has 1 saturated heterocycles. The summed E-state index contributed by atoms with van der Waals surface area (Å²) >= 11 is 0. The second-order valence-electron chi connectivity index (χ2n) is 7.59. The number of esters is 1. The monoisotopic (exact) mass is 333 g/mol. The summed E-state index contributed by atoms with van der Waals surface area (Å²) in [4.78, 5) is 14.6. The Bertz CT molecular complexity index is 532. The number of hydrogen-bond acceptors (Lipinski definition) is 4. The molecule has 2 atom stereocenters. The third kappa shape index (κ3) is 4.81. The van der Waals surface area contributed by atoms with Gasteiger partial charge in [-0.2, -0.15) is 0 Å². The Morgan fingerprint density at radius 2 is 1.62 bits per heavy atom. The molecule has 1 aromatic rings. The Morgan fingerprint density at radius 1 is 1.12 bits per heavy atom. The molecule has 0 aromatic heterocycles. The maximum Gasteiger partial charge on any atom is 0.325 e. The lowest BCUT2D eigenvalue weighted by Gasteiger charge is -2.40. The van der Waals surface area contributed by atoms with Gasteiger partial charge < -0.3 is 9.47 Å². The number of nitrogens with zero attached hydrogens (tertiary/aromatic N) is 1. The van der Waals surface area contributed by atoms with Crippen molar-refractivity contribution in [2.75, 3.05) is 19.6 Å². The van der Waals surface area contributed by atoms with Crippen molar-refractivity contribution in [2.24, 2.45) is 11.8 Å². The van der Waals surface area contributed by atoms with Gasteiger partial charge in [-0.05, 0) is 36.8 Å². The molecule has 1 fully saturated rings. The van der Waals surface area contributed by atoms with E-state index in [-0.39, 0.29) is 18.2 Å². The normalized spacial score (nSPS) is 22.2. The molecule has 134 valence electrons. The third-order valence-electron chi connectivity index (χ3n) is 4.69. The second kappa shape index (κ2) is 8.13. The molecule has 2 rings (SSSR count). The van der Waals surface area contributed by atoms with Crippen molar-refractivity contribution in [1.29, 1.82) is 0 Å². The molecule has 1 aliphatic rings. The molecule has 1 heterocycles. The third-order valence-corrected chi connectivity index (χ3v) is 4.69. The maximum atomic E-state index is 12.4. The number of morpholine rings is 1. The lowest BCUT2D eigenvalue weighted by molar-refractivity contribution is -0.145. The van der Waals surface area contributed by atoms with Crippen molar-refractivity contribution >= 4 is 5.97 Å². The van der Waals surface area contributed by atoms with Gasteiger partial charge in [-0.15, -0.1) is 0 Å². The topological polar surface area (TPSA) is 38.8 Å². The van der Waals surface area contributed by atoms with E-state index in [1.54, 1.807) is 0 Å². The van der Waals surface area contributed by atoms with Crippen LogP contribution in [0.15, 0.2) is 18.2 Å². The zero-order valence-corrected chi connectivity index (χ0v) is 15.8. The zero-order chi connectivity index (χ0) is 17.9. The Balaban J connectivity index is 2.01. The fraction of sp³-hybridized carbons (Fsp3) is 0.650. The van der Waals surface area contributed by atoms with Crippen LogP contribution in [0.1, 0.15) is 38.8 Å². The van der Waals surface area contributed by atoms with E-state index in [0.29, 0.717) is 24.1 Å². The van der Waals surface area contributed by atoms with Gasteiger partial charge in [0.15, 0.2) is 0 Å². The summed E-state index contributed by atoms with van der Waals surface area (Å²) < 4.78 is 11.8. The lowest BCUT2D eigenvalue weighted by atomic mass is 10.00. The van der Waals surface area contributed by atoms with Gasteiger partial charge in [0.2, 0.25) is 0 Å². The Hall–Kier alpha value is -1.39. The molecule has 0 amide bonds. The SMILES string of the molecule is Cc1cccc(C)c1OC(=O)CN1CC(C(C)C)OC(C(C)C)C1. The minimum atomic E-state index is -0.195. The van der Waals surface area contributed by atoms with E-state index in [1.165, 1.54) is 0 Å². The molecular weight excluding hydrogens is 302 g/mol. The first-order valence-corrected chi connectivity index (χ1v) is 8.92. The van der Waals surface area contributed by atoms with Crippen LogP contribution in [-0.4, -0.2) is 42.7 Å². The van der Waals surface area contributed by atoms with Crippen LogP contribution in [0.4, 0.5) is 0 Å². The van der Waals surface area contributed by atoms with Crippen molar-refractivity contribution in [2.45, 2.75) is 53.8 Å². The first-order valence-electron chi connectivity index (χ1n) is 8.92. The van der Waals surface area contributed by atoms with Crippen molar-refractivity contribution < 1.29 is 14.3 Å². The molecule has 4 heteroatoms. The van der Waals surface area contributed by atoms with E-state index < -0.39 is 0 Å². The number of benzene rings is 1. The number of para-hydroxylation sites is 1. The van der Waals surface area contributed by atoms with Gasteiger partial charge >= 0.3 is 5.97 Å². The average Bonchev–Trinajstić information content (AvgIpc) is 2.50. The van der Waals surface area contributed by atoms with E-state index in [4.69, 9.17) is 9.47 Å². The van der Waals surface area contributed by atoms with Crippen molar-refractivity contribution in [1.82, 2.24) is 4.90 Å². The number of rotatable bonds is 5. The maximum absolute atomic E-state index is 12.4. The highest BCUT2D eigenvalue weighted by molar-refractivity contribution is 5.75. The van der Waals surface area contributed by atoms with Gasteiger partial charge in [0, 0.05) is 13.1 Å². The Morgan fingerprint density at radius 3 is 2.08 bits per heavy atom. The standard InChI is InChI=1S/C20H31NO3/c1-13(2)17-10-21(11-18(23-17)14(3)4)12-19(22)24-20-15(5)8-7-9-16(20)6/h7-9,13-14,17-18H,10-12H2,1-6H3. The number of ether oxygens (including phenoxy) is 2. The highest BCUT2D eigenvalue weighted by atomic mass is 16.5. The van der Waals surface area contributed by atoms with E-state index in [0.717, 1.165) is 24.2 Å². The van der Waals surface area contributed by atoms with Gasteiger partial charge in [-0.3, -0.25) is 9.69 Å². The molecule has 24 heavy (non-hydrogen) atoms. The van der Waals surface area contributed by atoms with E-state index in [1.807, 2.05) is 32.0 Å². The molecule has 0 radical (unpaired) electrons. The molecule has 0 spiro atoms. The van der Waals surface area contributed by atoms with Crippen LogP contribution in [0, 0.1) is 25.7 Å². The first kappa shape index (κ1) is 18.9. The summed E-state index contributed by atoms with van der Waals surface area (Å²) in [6.45, 7) is 14.5. The van der Waals surface area contributed by atoms with E-state index >= 15 is 0 Å². The highest BCUT2D eigenvalue weighted by Gasteiger charge is 2.32. The average molecular weight is 333 g/mol. The van der Waals surface area contributed by atoms with Crippen LogP contribution in [0.25, 0.3) is 0 Å². The molecule has 4 nitrogen and oxygen atoms in total. The predicted octanol–water partition coefficient (Wildman–Crippen LogP) is 3.59. The fourth-order valence-electron chi connectivity index (χ4n) is 3.05. The summed E-state index contributed by atoms with van der Waals surface area (Å²) in [5.41, 5.74) is 1.98. The van der Waals surface area contributed by atoms with E-state index in [9.17, 15) is 4.79 Å². The van der Waals surface area contributed by atoms with Crippen LogP contribution in [0.3, 0.4) is 0 Å². The Kier molecular flexibility index (Phi) is 6.41. The van der Waals surface area contributed by atoms with Crippen LogP contribution in [-0.2, 0) is 9.53 Å². The second-order valence-corrected chi connectivity index (χ2v) is 7.59. The van der Waals surface area contributed by atoms with Crippen molar-refractivity contribution in [3.8, 4) is 5.75 Å². The summed E-state index contributed by atoms with van der Waals surface area (Å²) in [6.07, 6.45) is 0.332. The molecule has 2 unspecified atom stereocenters. The quantitative estimate of drug-likeness (QED) is 0.610. The van der Waals surface area contributed by atoms with Crippen LogP contribution < -0.4 is 4.74 Å². The van der Waals surface area contributed by atoms with Gasteiger partial charge in [0.25, 0.3) is 0 Å². The number of carbonyl (C=O) groups excluding carboxylic acids is 1. The smallest absolute Gasteiger partial charge is 0.325 e. The number of carbonyl (C=O) groups is 1. The van der Waals surface area contributed by atoms with E-state index in [2.05, 4.69) is 32.6 Å². The van der Waals surface area contributed by atoms with Gasteiger partial charge in [-0.1, -0.05) is 45.9 Å². The molecule has 0 saturated carbocycles. The van der Waals surface area contributed by atoms with Gasteiger partial charge in [0.05, 0.1) is 18.8 Å². The van der Waals surface area contributed by atoms with Crippen LogP contribution >= 0.6 is 0 Å². The van der Waals surface area contributed by atoms with Crippen molar-refractivity contribution in [3.63, 3.8) is 0 Å². The van der Waals surface area contributed by atoms with Crippen molar-refractivity contribution in [3.05, 3.63) is 29.3 Å². The molecule has 0 aliphatic carbocycles. The minimum absolute atomic E-state index is 0.166. The lowest BCUT2D eigenvalue weighted by Crippen LogP contribution is -2.52. The summed E-state index contributed by atoms with van der Waals surface area (Å²) in [6, 6.07) is 5.91. The molecular formula is C20H31NO3. The largest absolute Gasteiger partial charge is 0.425 e. The van der Waals surface area contributed by atoms with Crippen LogP contribution in [0.5, 0.6) is 5.75 Å². The Labute approximate surface area is 146 Å². The first-order chi connectivity index (χ1) is 11.3.